The molecule has 0 bridgehead atoms. The first-order valence-corrected chi connectivity index (χ1v) is 7.46. The summed E-state index contributed by atoms with van der Waals surface area (Å²) in [5.41, 5.74) is 0. The summed E-state index contributed by atoms with van der Waals surface area (Å²) in [5.74, 6) is 2.61. The molecule has 2 aliphatic heterocycles. The Morgan fingerprint density at radius 1 is 1.35 bits per heavy atom. The third-order valence-electron chi connectivity index (χ3n) is 3.66. The third kappa shape index (κ3) is 3.76. The van der Waals surface area contributed by atoms with E-state index in [-0.39, 0.29) is 12.4 Å². The molecule has 1 amide bonds. The number of nitrogens with zero attached hydrogens (tertiary/aromatic N) is 1. The van der Waals surface area contributed by atoms with Crippen LogP contribution >= 0.6 is 24.2 Å². The summed E-state index contributed by atoms with van der Waals surface area (Å²) in [5, 5.41) is 3.43. The van der Waals surface area contributed by atoms with Crippen LogP contribution in [0.5, 0.6) is 0 Å². The molecule has 3 unspecified atom stereocenters. The lowest BCUT2D eigenvalue weighted by molar-refractivity contribution is -0.133. The van der Waals surface area contributed by atoms with E-state index in [1.807, 2.05) is 11.8 Å². The average Bonchev–Trinajstić information content (AvgIpc) is 2.60. The van der Waals surface area contributed by atoms with Gasteiger partial charge in [0.05, 0.1) is 0 Å². The van der Waals surface area contributed by atoms with Crippen molar-refractivity contribution in [1.82, 2.24) is 10.2 Å². The van der Waals surface area contributed by atoms with Gasteiger partial charge in [0.2, 0.25) is 5.91 Å². The highest BCUT2D eigenvalue weighted by Gasteiger charge is 2.32. The van der Waals surface area contributed by atoms with Gasteiger partial charge >= 0.3 is 0 Å². The first-order valence-electron chi connectivity index (χ1n) is 6.30. The normalized spacial score (nSPS) is 33.3. The largest absolute Gasteiger partial charge is 0.337 e. The van der Waals surface area contributed by atoms with Gasteiger partial charge in [-0.15, -0.1) is 12.4 Å². The van der Waals surface area contributed by atoms with E-state index < -0.39 is 0 Å². The molecule has 0 saturated carbocycles. The lowest BCUT2D eigenvalue weighted by atomic mass is 10.2. The molecule has 5 heteroatoms. The van der Waals surface area contributed by atoms with Gasteiger partial charge in [-0.2, -0.15) is 11.8 Å². The van der Waals surface area contributed by atoms with Gasteiger partial charge in [0, 0.05) is 42.6 Å². The molecule has 0 aliphatic carbocycles. The highest BCUT2D eigenvalue weighted by molar-refractivity contribution is 7.99. The minimum atomic E-state index is 0. The lowest BCUT2D eigenvalue weighted by Crippen LogP contribution is -2.45. The van der Waals surface area contributed by atoms with Crippen molar-refractivity contribution in [3.63, 3.8) is 0 Å². The van der Waals surface area contributed by atoms with Gasteiger partial charge in [0.1, 0.15) is 0 Å². The van der Waals surface area contributed by atoms with E-state index in [4.69, 9.17) is 0 Å². The van der Waals surface area contributed by atoms with Gasteiger partial charge in [-0.1, -0.05) is 0 Å². The van der Waals surface area contributed by atoms with E-state index in [9.17, 15) is 4.79 Å². The first kappa shape index (κ1) is 15.1. The Balaban J connectivity index is 0.00000144. The van der Waals surface area contributed by atoms with Crippen LogP contribution in [0.15, 0.2) is 0 Å². The van der Waals surface area contributed by atoms with E-state index in [0.29, 0.717) is 30.5 Å². The number of hydrogen-bond donors (Lipinski definition) is 1. The second-order valence-corrected chi connectivity index (χ2v) is 6.16. The number of amides is 1. The second kappa shape index (κ2) is 6.86. The van der Waals surface area contributed by atoms with Gasteiger partial charge in [0.15, 0.2) is 0 Å². The molecule has 0 radical (unpaired) electrons. The molecular weight excluding hydrogens is 256 g/mol. The highest BCUT2D eigenvalue weighted by Crippen LogP contribution is 2.25. The molecule has 2 aliphatic rings. The molecular formula is C12H23ClN2OS. The number of thioether (sulfide) groups is 1. The number of halogens is 1. The number of nitrogens with one attached hydrogen (secondary N) is 1. The van der Waals surface area contributed by atoms with Crippen LogP contribution in [-0.4, -0.2) is 47.0 Å². The topological polar surface area (TPSA) is 32.3 Å². The molecule has 0 aromatic rings. The van der Waals surface area contributed by atoms with Gasteiger partial charge in [-0.25, -0.2) is 0 Å². The smallest absolute Gasteiger partial charge is 0.224 e. The van der Waals surface area contributed by atoms with Crippen LogP contribution in [0.3, 0.4) is 0 Å². The fraction of sp³-hybridized carbons (Fsp3) is 0.917. The summed E-state index contributed by atoms with van der Waals surface area (Å²) in [6.07, 6.45) is 3.02. The Morgan fingerprint density at radius 2 is 2.00 bits per heavy atom. The summed E-state index contributed by atoms with van der Waals surface area (Å²) in [6, 6.07) is 1.28. The fourth-order valence-electron chi connectivity index (χ4n) is 2.75. The van der Waals surface area contributed by atoms with Crippen LogP contribution in [0.4, 0.5) is 0 Å². The predicted molar refractivity (Wildman–Crippen MR) is 76.0 cm³/mol. The molecule has 1 N–H and O–H groups in total. The summed E-state index contributed by atoms with van der Waals surface area (Å²) < 4.78 is 0. The number of carbonyl (C=O) groups excluding carboxylic acids is 1. The summed E-state index contributed by atoms with van der Waals surface area (Å²) in [7, 11) is 0. The molecule has 17 heavy (non-hydrogen) atoms. The minimum Gasteiger partial charge on any atom is -0.337 e. The van der Waals surface area contributed by atoms with Crippen molar-refractivity contribution in [2.75, 3.05) is 18.1 Å². The van der Waals surface area contributed by atoms with Crippen LogP contribution in [0.1, 0.15) is 33.1 Å². The van der Waals surface area contributed by atoms with Gasteiger partial charge in [0.25, 0.3) is 0 Å². The predicted octanol–water partition coefficient (Wildman–Crippen LogP) is 1.90. The van der Waals surface area contributed by atoms with Crippen LogP contribution in [0, 0.1) is 0 Å². The Bertz CT molecular complexity index is 249. The third-order valence-corrected chi connectivity index (χ3v) is 4.79. The van der Waals surface area contributed by atoms with Crippen molar-refractivity contribution < 1.29 is 4.79 Å². The lowest BCUT2D eigenvalue weighted by Gasteiger charge is -2.30. The molecule has 0 spiro atoms. The maximum Gasteiger partial charge on any atom is 0.224 e. The fourth-order valence-corrected chi connectivity index (χ4v) is 3.70. The molecule has 2 fully saturated rings. The van der Waals surface area contributed by atoms with E-state index in [1.165, 1.54) is 18.6 Å². The number of likely N-dealkylation sites (tertiary alicyclic amines) is 1. The maximum atomic E-state index is 12.2. The molecule has 3 atom stereocenters. The molecule has 2 rings (SSSR count). The first-order chi connectivity index (χ1) is 7.68. The summed E-state index contributed by atoms with van der Waals surface area (Å²) in [4.78, 5) is 14.3. The van der Waals surface area contributed by atoms with Crippen molar-refractivity contribution in [2.24, 2.45) is 0 Å². The van der Waals surface area contributed by atoms with Crippen LogP contribution in [0.2, 0.25) is 0 Å². The van der Waals surface area contributed by atoms with Crippen molar-refractivity contribution in [2.45, 2.75) is 51.2 Å². The quantitative estimate of drug-likeness (QED) is 0.837. The zero-order valence-electron chi connectivity index (χ0n) is 10.6. The zero-order valence-corrected chi connectivity index (χ0v) is 12.3. The Labute approximate surface area is 114 Å². The van der Waals surface area contributed by atoms with E-state index in [2.05, 4.69) is 24.1 Å². The van der Waals surface area contributed by atoms with Gasteiger partial charge < -0.3 is 10.2 Å². The van der Waals surface area contributed by atoms with Crippen molar-refractivity contribution in [3.8, 4) is 0 Å². The molecule has 100 valence electrons. The molecule has 2 heterocycles. The van der Waals surface area contributed by atoms with Gasteiger partial charge in [-0.3, -0.25) is 4.79 Å². The SMILES string of the molecule is CC1CCC(C)N1C(=O)CC1CSCCN1.Cl. The standard InChI is InChI=1S/C12H22N2OS.ClH/c1-9-3-4-10(2)14(9)12(15)7-11-8-16-6-5-13-11;/h9-11,13H,3-8H2,1-2H3;1H. The van der Waals surface area contributed by atoms with E-state index >= 15 is 0 Å². The Hall–Kier alpha value is 0.0700. The van der Waals surface area contributed by atoms with Crippen molar-refractivity contribution >= 4 is 30.1 Å². The van der Waals surface area contributed by atoms with Crippen LogP contribution in [-0.2, 0) is 4.79 Å². The highest BCUT2D eigenvalue weighted by atomic mass is 35.5. The molecule has 0 aromatic heterocycles. The summed E-state index contributed by atoms with van der Waals surface area (Å²) in [6.45, 7) is 5.39. The molecule has 3 nitrogen and oxygen atoms in total. The molecule has 2 saturated heterocycles. The maximum absolute atomic E-state index is 12.2. The minimum absolute atomic E-state index is 0. The summed E-state index contributed by atoms with van der Waals surface area (Å²) >= 11 is 1.96. The van der Waals surface area contributed by atoms with Crippen molar-refractivity contribution in [1.29, 1.82) is 0 Å². The number of hydrogen-bond acceptors (Lipinski definition) is 3. The average molecular weight is 279 g/mol. The van der Waals surface area contributed by atoms with Crippen LogP contribution in [0.25, 0.3) is 0 Å². The van der Waals surface area contributed by atoms with Crippen molar-refractivity contribution in [3.05, 3.63) is 0 Å². The number of carbonyl (C=O) groups is 1. The Kier molecular flexibility index (Phi) is 6.10. The van der Waals surface area contributed by atoms with Crippen LogP contribution < -0.4 is 5.32 Å². The zero-order chi connectivity index (χ0) is 11.5. The van der Waals surface area contributed by atoms with Gasteiger partial charge in [-0.05, 0) is 26.7 Å². The number of rotatable bonds is 2. The second-order valence-electron chi connectivity index (χ2n) is 5.01. The molecule has 0 aromatic carbocycles. The van der Waals surface area contributed by atoms with E-state index in [0.717, 1.165) is 12.3 Å². The van der Waals surface area contributed by atoms with E-state index in [1.54, 1.807) is 0 Å². The monoisotopic (exact) mass is 278 g/mol. The Morgan fingerprint density at radius 3 is 2.53 bits per heavy atom.